The highest BCUT2D eigenvalue weighted by molar-refractivity contribution is 6.00. The lowest BCUT2D eigenvalue weighted by Gasteiger charge is -2.34. The molecule has 2 aromatic rings. The molecule has 0 spiro atoms. The van der Waals surface area contributed by atoms with Crippen LogP contribution in [0.1, 0.15) is 32.0 Å². The summed E-state index contributed by atoms with van der Waals surface area (Å²) in [5.41, 5.74) is 0.664. The minimum absolute atomic E-state index is 0.00611. The number of hydrogen-bond donors (Lipinski definition) is 1. The van der Waals surface area contributed by atoms with Gasteiger partial charge in [0.2, 0.25) is 11.8 Å². The van der Waals surface area contributed by atoms with Gasteiger partial charge in [0, 0.05) is 44.7 Å². The topological polar surface area (TPSA) is 91.3 Å². The molecule has 0 saturated carbocycles. The summed E-state index contributed by atoms with van der Waals surface area (Å²) >= 11 is 0. The van der Waals surface area contributed by atoms with Crippen molar-refractivity contribution in [1.82, 2.24) is 19.7 Å². The molecule has 2 aliphatic rings. The molecule has 1 aromatic carbocycles. The van der Waals surface area contributed by atoms with E-state index in [9.17, 15) is 14.4 Å². The van der Waals surface area contributed by atoms with Crippen molar-refractivity contribution in [1.29, 1.82) is 0 Å². The van der Waals surface area contributed by atoms with Gasteiger partial charge in [-0.05, 0) is 37.8 Å². The van der Waals surface area contributed by atoms with Crippen LogP contribution < -0.4 is 10.6 Å². The van der Waals surface area contributed by atoms with Gasteiger partial charge in [-0.15, -0.1) is 0 Å². The third-order valence-electron chi connectivity index (χ3n) is 6.00. The first-order valence-corrected chi connectivity index (χ1v) is 10.3. The Morgan fingerprint density at radius 2 is 2.00 bits per heavy atom. The third kappa shape index (κ3) is 3.97. The van der Waals surface area contributed by atoms with E-state index in [4.69, 9.17) is 0 Å². The van der Waals surface area contributed by atoms with E-state index < -0.39 is 0 Å². The van der Waals surface area contributed by atoms with Gasteiger partial charge in [0.1, 0.15) is 5.82 Å². The summed E-state index contributed by atoms with van der Waals surface area (Å²) in [5.74, 6) is 0.808. The SMILES string of the molecule is CCn1c(C[C@@H]2CCCN(C(=O)[C@H]3CC(=O)N(c4ccccc4)C3)C2)n[nH]c1=O. The fraction of sp³-hybridized carbons (Fsp3) is 0.524. The van der Waals surface area contributed by atoms with Crippen molar-refractivity contribution in [3.8, 4) is 0 Å². The smallest absolute Gasteiger partial charge is 0.342 e. The van der Waals surface area contributed by atoms with Crippen molar-refractivity contribution in [2.24, 2.45) is 11.8 Å². The third-order valence-corrected chi connectivity index (χ3v) is 6.00. The van der Waals surface area contributed by atoms with Gasteiger partial charge < -0.3 is 9.80 Å². The fourth-order valence-corrected chi connectivity index (χ4v) is 4.51. The average Bonchev–Trinajstić information content (AvgIpc) is 3.30. The van der Waals surface area contributed by atoms with Crippen molar-refractivity contribution >= 4 is 17.5 Å². The van der Waals surface area contributed by atoms with Crippen LogP contribution in [-0.4, -0.2) is 51.1 Å². The molecule has 8 heteroatoms. The summed E-state index contributed by atoms with van der Waals surface area (Å²) in [6, 6.07) is 9.52. The maximum absolute atomic E-state index is 13.1. The van der Waals surface area contributed by atoms with E-state index in [0.29, 0.717) is 26.1 Å². The highest BCUT2D eigenvalue weighted by Crippen LogP contribution is 2.28. The van der Waals surface area contributed by atoms with Crippen molar-refractivity contribution in [3.05, 3.63) is 46.6 Å². The maximum atomic E-state index is 13.1. The zero-order valence-corrected chi connectivity index (χ0v) is 16.7. The number of nitrogens with zero attached hydrogens (tertiary/aromatic N) is 4. The molecular weight excluding hydrogens is 370 g/mol. The summed E-state index contributed by atoms with van der Waals surface area (Å²) in [7, 11) is 0. The lowest BCUT2D eigenvalue weighted by molar-refractivity contribution is -0.137. The molecule has 0 unspecified atom stereocenters. The molecule has 4 rings (SSSR count). The van der Waals surface area contributed by atoms with Crippen LogP contribution in [0.2, 0.25) is 0 Å². The molecule has 0 bridgehead atoms. The Hall–Kier alpha value is -2.90. The van der Waals surface area contributed by atoms with E-state index in [1.54, 1.807) is 9.47 Å². The minimum atomic E-state index is -0.291. The van der Waals surface area contributed by atoms with Crippen LogP contribution in [0, 0.1) is 11.8 Å². The highest BCUT2D eigenvalue weighted by Gasteiger charge is 2.38. The molecule has 0 aliphatic carbocycles. The normalized spacial score (nSPS) is 22.3. The van der Waals surface area contributed by atoms with Gasteiger partial charge in [-0.3, -0.25) is 14.2 Å². The molecule has 29 heavy (non-hydrogen) atoms. The van der Waals surface area contributed by atoms with Crippen molar-refractivity contribution in [2.45, 2.75) is 39.2 Å². The minimum Gasteiger partial charge on any atom is -0.342 e. The summed E-state index contributed by atoms with van der Waals surface area (Å²) in [6.07, 6.45) is 2.88. The van der Waals surface area contributed by atoms with E-state index in [-0.39, 0.29) is 35.8 Å². The fourth-order valence-electron chi connectivity index (χ4n) is 4.51. The molecule has 2 saturated heterocycles. The molecular formula is C21H27N5O3. The van der Waals surface area contributed by atoms with Crippen LogP contribution in [0.15, 0.2) is 35.1 Å². The number of para-hydroxylation sites is 1. The van der Waals surface area contributed by atoms with Crippen molar-refractivity contribution in [3.63, 3.8) is 0 Å². The predicted molar refractivity (Wildman–Crippen MR) is 108 cm³/mol. The van der Waals surface area contributed by atoms with E-state index in [1.165, 1.54) is 0 Å². The number of carbonyl (C=O) groups excluding carboxylic acids is 2. The summed E-state index contributed by atoms with van der Waals surface area (Å²) in [6.45, 7) is 4.33. The van der Waals surface area contributed by atoms with Crippen molar-refractivity contribution in [2.75, 3.05) is 24.5 Å². The molecule has 1 aromatic heterocycles. The van der Waals surface area contributed by atoms with E-state index in [2.05, 4.69) is 10.2 Å². The van der Waals surface area contributed by atoms with E-state index in [0.717, 1.165) is 30.9 Å². The number of H-pyrrole nitrogens is 1. The number of benzene rings is 1. The van der Waals surface area contributed by atoms with Crippen LogP contribution in [0.3, 0.4) is 0 Å². The Kier molecular flexibility index (Phi) is 5.51. The quantitative estimate of drug-likeness (QED) is 0.826. The predicted octanol–water partition coefficient (Wildman–Crippen LogP) is 1.43. The van der Waals surface area contributed by atoms with E-state index in [1.807, 2.05) is 42.2 Å². The highest BCUT2D eigenvalue weighted by atomic mass is 16.2. The molecule has 2 fully saturated rings. The largest absolute Gasteiger partial charge is 0.343 e. The van der Waals surface area contributed by atoms with Gasteiger partial charge in [-0.2, -0.15) is 5.10 Å². The number of nitrogens with one attached hydrogen (secondary N) is 1. The lowest BCUT2D eigenvalue weighted by atomic mass is 9.93. The van der Waals surface area contributed by atoms with E-state index >= 15 is 0 Å². The number of likely N-dealkylation sites (tertiary alicyclic amines) is 1. The standard InChI is InChI=1S/C21H27N5O3/c1-2-25-18(22-23-21(25)29)11-15-7-6-10-24(13-15)20(28)16-12-19(27)26(14-16)17-8-4-3-5-9-17/h3-5,8-9,15-16H,2,6-7,10-14H2,1H3,(H,23,29)/t15-,16-/m0/s1. The Balaban J connectivity index is 1.40. The van der Waals surface area contributed by atoms with Crippen LogP contribution in [-0.2, 0) is 22.6 Å². The molecule has 154 valence electrons. The van der Waals surface area contributed by atoms with Gasteiger partial charge in [0.05, 0.1) is 5.92 Å². The summed E-state index contributed by atoms with van der Waals surface area (Å²) in [5, 5.41) is 6.67. The summed E-state index contributed by atoms with van der Waals surface area (Å²) < 4.78 is 1.65. The molecule has 2 amide bonds. The second kappa shape index (κ2) is 8.23. The Morgan fingerprint density at radius 1 is 1.21 bits per heavy atom. The molecule has 3 heterocycles. The van der Waals surface area contributed by atoms with Crippen molar-refractivity contribution < 1.29 is 9.59 Å². The van der Waals surface area contributed by atoms with Gasteiger partial charge in [-0.1, -0.05) is 18.2 Å². The van der Waals surface area contributed by atoms with Gasteiger partial charge >= 0.3 is 5.69 Å². The molecule has 2 aliphatic heterocycles. The number of hydrogen-bond acceptors (Lipinski definition) is 4. The molecule has 2 atom stereocenters. The number of amides is 2. The number of piperidine rings is 1. The van der Waals surface area contributed by atoms with Crippen LogP contribution in [0.4, 0.5) is 5.69 Å². The van der Waals surface area contributed by atoms with Crippen LogP contribution >= 0.6 is 0 Å². The first-order chi connectivity index (χ1) is 14.1. The second-order valence-corrected chi connectivity index (χ2v) is 7.93. The lowest BCUT2D eigenvalue weighted by Crippen LogP contribution is -2.44. The Bertz CT molecular complexity index is 935. The zero-order valence-electron chi connectivity index (χ0n) is 16.7. The number of rotatable bonds is 5. The zero-order chi connectivity index (χ0) is 20.4. The average molecular weight is 397 g/mol. The number of anilines is 1. The molecule has 8 nitrogen and oxygen atoms in total. The van der Waals surface area contributed by atoms with Gasteiger partial charge in [-0.25, -0.2) is 9.89 Å². The Morgan fingerprint density at radius 3 is 2.76 bits per heavy atom. The van der Waals surface area contributed by atoms with Crippen LogP contribution in [0.25, 0.3) is 0 Å². The monoisotopic (exact) mass is 397 g/mol. The van der Waals surface area contributed by atoms with Crippen LogP contribution in [0.5, 0.6) is 0 Å². The number of aromatic amines is 1. The van der Waals surface area contributed by atoms with Gasteiger partial charge in [0.25, 0.3) is 0 Å². The molecule has 0 radical (unpaired) electrons. The second-order valence-electron chi connectivity index (χ2n) is 7.93. The first kappa shape index (κ1) is 19.4. The Labute approximate surface area is 169 Å². The molecule has 1 N–H and O–H groups in total. The number of aromatic nitrogens is 3. The first-order valence-electron chi connectivity index (χ1n) is 10.3. The number of carbonyl (C=O) groups is 2. The van der Waals surface area contributed by atoms with Gasteiger partial charge in [0.15, 0.2) is 0 Å². The summed E-state index contributed by atoms with van der Waals surface area (Å²) in [4.78, 5) is 41.0. The maximum Gasteiger partial charge on any atom is 0.343 e.